The summed E-state index contributed by atoms with van der Waals surface area (Å²) in [4.78, 5) is 29.2. The highest BCUT2D eigenvalue weighted by Gasteiger charge is 2.23. The van der Waals surface area contributed by atoms with Crippen molar-refractivity contribution in [1.82, 2.24) is 9.13 Å². The van der Waals surface area contributed by atoms with Gasteiger partial charge in [0, 0.05) is 11.4 Å². The Kier molecular flexibility index (Phi) is 6.47. The summed E-state index contributed by atoms with van der Waals surface area (Å²) >= 11 is 1.55. The summed E-state index contributed by atoms with van der Waals surface area (Å²) in [5.74, 6) is 0.910. The molecule has 0 unspecified atom stereocenters. The molecular weight excluding hydrogens is 467 g/mol. The number of rotatable bonds is 7. The zero-order valence-electron chi connectivity index (χ0n) is 19.8. The van der Waals surface area contributed by atoms with E-state index < -0.39 is 0 Å². The fourth-order valence-electron chi connectivity index (χ4n) is 4.80. The number of halogens is 1. The number of benzene rings is 2. The van der Waals surface area contributed by atoms with E-state index in [1.807, 2.05) is 18.2 Å². The van der Waals surface area contributed by atoms with E-state index in [-0.39, 0.29) is 30.2 Å². The Morgan fingerprint density at radius 1 is 0.914 bits per heavy atom. The summed E-state index contributed by atoms with van der Waals surface area (Å²) in [6.07, 6.45) is 4.42. The maximum atomic E-state index is 13.6. The van der Waals surface area contributed by atoms with Crippen LogP contribution in [0.1, 0.15) is 34.4 Å². The van der Waals surface area contributed by atoms with Crippen molar-refractivity contribution >= 4 is 21.6 Å². The van der Waals surface area contributed by atoms with Crippen LogP contribution in [0.2, 0.25) is 0 Å². The van der Waals surface area contributed by atoms with Crippen molar-refractivity contribution < 1.29 is 13.9 Å². The Hall–Kier alpha value is -3.39. The second-order valence-corrected chi connectivity index (χ2v) is 9.87. The summed E-state index contributed by atoms with van der Waals surface area (Å²) in [7, 11) is 3.16. The van der Waals surface area contributed by atoms with Crippen LogP contribution in [0, 0.1) is 5.82 Å². The van der Waals surface area contributed by atoms with Crippen LogP contribution in [-0.4, -0.2) is 23.4 Å². The molecule has 35 heavy (non-hydrogen) atoms. The number of methoxy groups -OCH3 is 2. The lowest BCUT2D eigenvalue weighted by molar-refractivity contribution is 0.354. The van der Waals surface area contributed by atoms with Crippen molar-refractivity contribution in [2.75, 3.05) is 14.2 Å². The fourth-order valence-corrected chi connectivity index (χ4v) is 6.18. The van der Waals surface area contributed by atoms with Crippen LogP contribution in [0.15, 0.2) is 52.1 Å². The first-order valence-corrected chi connectivity index (χ1v) is 12.5. The third-order valence-electron chi connectivity index (χ3n) is 6.64. The number of aromatic nitrogens is 2. The minimum Gasteiger partial charge on any atom is -0.493 e. The number of nitrogens with zero attached hydrogens (tertiary/aromatic N) is 2. The van der Waals surface area contributed by atoms with Gasteiger partial charge in [-0.05, 0) is 73.1 Å². The summed E-state index contributed by atoms with van der Waals surface area (Å²) in [6, 6.07) is 11.7. The highest BCUT2D eigenvalue weighted by Crippen LogP contribution is 2.34. The highest BCUT2D eigenvalue weighted by atomic mass is 32.1. The third-order valence-corrected chi connectivity index (χ3v) is 7.96. The van der Waals surface area contributed by atoms with Crippen LogP contribution in [0.3, 0.4) is 0 Å². The average molecular weight is 495 g/mol. The van der Waals surface area contributed by atoms with Gasteiger partial charge in [0.2, 0.25) is 0 Å². The Morgan fingerprint density at radius 3 is 2.37 bits per heavy atom. The molecule has 2 aromatic heterocycles. The second kappa shape index (κ2) is 9.70. The number of ether oxygens (including phenoxy) is 2. The molecular formula is C27H27FN2O4S. The molecule has 4 aromatic rings. The molecule has 0 radical (unpaired) electrons. The molecule has 1 aliphatic carbocycles. The first kappa shape index (κ1) is 23.4. The molecule has 6 nitrogen and oxygen atoms in total. The smallest absolute Gasteiger partial charge is 0.332 e. The minimum atomic E-state index is -0.342. The average Bonchev–Trinajstić information content (AvgIpc) is 3.27. The first-order valence-electron chi connectivity index (χ1n) is 11.7. The van der Waals surface area contributed by atoms with Gasteiger partial charge in [-0.2, -0.15) is 0 Å². The zero-order chi connectivity index (χ0) is 24.5. The molecule has 0 bridgehead atoms. The molecule has 0 N–H and O–H groups in total. The molecule has 0 saturated carbocycles. The van der Waals surface area contributed by atoms with Gasteiger partial charge in [-0.3, -0.25) is 13.9 Å². The van der Waals surface area contributed by atoms with Crippen LogP contribution >= 0.6 is 11.3 Å². The van der Waals surface area contributed by atoms with Gasteiger partial charge in [-0.15, -0.1) is 11.3 Å². The molecule has 5 rings (SSSR count). The maximum absolute atomic E-state index is 13.6. The van der Waals surface area contributed by atoms with Gasteiger partial charge < -0.3 is 9.47 Å². The van der Waals surface area contributed by atoms with Crippen molar-refractivity contribution in [2.45, 2.75) is 45.2 Å². The summed E-state index contributed by atoms with van der Waals surface area (Å²) in [5.41, 5.74) is 2.28. The lowest BCUT2D eigenvalue weighted by atomic mass is 9.97. The van der Waals surface area contributed by atoms with E-state index in [1.165, 1.54) is 21.6 Å². The van der Waals surface area contributed by atoms with Crippen molar-refractivity contribution in [3.8, 4) is 11.5 Å². The molecule has 182 valence electrons. The van der Waals surface area contributed by atoms with E-state index >= 15 is 0 Å². The van der Waals surface area contributed by atoms with Crippen molar-refractivity contribution in [1.29, 1.82) is 0 Å². The van der Waals surface area contributed by atoms with Crippen molar-refractivity contribution in [3.63, 3.8) is 0 Å². The minimum absolute atomic E-state index is 0.222. The van der Waals surface area contributed by atoms with Crippen molar-refractivity contribution in [3.05, 3.63) is 90.7 Å². The zero-order valence-corrected chi connectivity index (χ0v) is 20.6. The Balaban J connectivity index is 1.60. The SMILES string of the molecule is COc1ccc(CCn2c(=O)c3c4c(sc3n(Cc3ccc(F)cc3)c2=O)CCCC4)cc1OC. The molecule has 0 fully saturated rings. The predicted octanol–water partition coefficient (Wildman–Crippen LogP) is 4.55. The molecule has 0 spiro atoms. The molecule has 2 heterocycles. The summed E-state index contributed by atoms with van der Waals surface area (Å²) in [6.45, 7) is 0.531. The molecule has 0 aliphatic heterocycles. The van der Waals surface area contributed by atoms with Gasteiger partial charge in [0.15, 0.2) is 11.5 Å². The van der Waals surface area contributed by atoms with Crippen LogP contribution in [0.25, 0.3) is 10.2 Å². The normalized spacial score (nSPS) is 13.1. The number of hydrogen-bond acceptors (Lipinski definition) is 5. The topological polar surface area (TPSA) is 62.5 Å². The quantitative estimate of drug-likeness (QED) is 0.378. The standard InChI is InChI=1S/C27H27FN2O4S/c1-33-21-12-9-17(15-22(21)34-2)13-14-29-25(31)24-20-5-3-4-6-23(20)35-26(24)30(27(29)32)16-18-7-10-19(28)11-8-18/h7-12,15H,3-6,13-14,16H2,1-2H3. The molecule has 0 amide bonds. The number of hydrogen-bond donors (Lipinski definition) is 0. The molecule has 0 saturated heterocycles. The highest BCUT2D eigenvalue weighted by molar-refractivity contribution is 7.18. The van der Waals surface area contributed by atoms with E-state index in [9.17, 15) is 14.0 Å². The predicted molar refractivity (Wildman–Crippen MR) is 136 cm³/mol. The van der Waals surface area contributed by atoms with E-state index in [1.54, 1.807) is 42.3 Å². The monoisotopic (exact) mass is 494 g/mol. The van der Waals surface area contributed by atoms with Crippen LogP contribution in [-0.2, 0) is 32.4 Å². The molecule has 1 aliphatic rings. The van der Waals surface area contributed by atoms with Crippen LogP contribution in [0.5, 0.6) is 11.5 Å². The fraction of sp³-hybridized carbons (Fsp3) is 0.333. The van der Waals surface area contributed by atoms with E-state index in [0.717, 1.165) is 47.2 Å². The summed E-state index contributed by atoms with van der Waals surface area (Å²) in [5, 5.41) is 0.665. The Labute approximate surface area is 206 Å². The van der Waals surface area contributed by atoms with Gasteiger partial charge >= 0.3 is 5.69 Å². The van der Waals surface area contributed by atoms with Gasteiger partial charge in [0.1, 0.15) is 10.6 Å². The van der Waals surface area contributed by atoms with Gasteiger partial charge in [-0.1, -0.05) is 18.2 Å². The molecule has 2 aromatic carbocycles. The largest absolute Gasteiger partial charge is 0.493 e. The first-order chi connectivity index (χ1) is 17.0. The molecule has 8 heteroatoms. The van der Waals surface area contributed by atoms with Gasteiger partial charge in [0.05, 0.1) is 26.2 Å². The Morgan fingerprint density at radius 2 is 1.63 bits per heavy atom. The maximum Gasteiger partial charge on any atom is 0.332 e. The number of aryl methyl sites for hydroxylation is 3. The number of thiophene rings is 1. The Bertz CT molecular complexity index is 1500. The number of fused-ring (bicyclic) bond motifs is 3. The van der Waals surface area contributed by atoms with E-state index in [0.29, 0.717) is 23.3 Å². The third kappa shape index (κ3) is 4.38. The lowest BCUT2D eigenvalue weighted by Gasteiger charge is -2.14. The van der Waals surface area contributed by atoms with E-state index in [4.69, 9.17) is 9.47 Å². The lowest BCUT2D eigenvalue weighted by Crippen LogP contribution is -2.40. The van der Waals surface area contributed by atoms with Crippen LogP contribution in [0.4, 0.5) is 4.39 Å². The van der Waals surface area contributed by atoms with Gasteiger partial charge in [-0.25, -0.2) is 9.18 Å². The summed E-state index contributed by atoms with van der Waals surface area (Å²) < 4.78 is 27.2. The molecule has 0 atom stereocenters. The van der Waals surface area contributed by atoms with Gasteiger partial charge in [0.25, 0.3) is 5.56 Å². The van der Waals surface area contributed by atoms with Crippen molar-refractivity contribution in [2.24, 2.45) is 0 Å². The van der Waals surface area contributed by atoms with Crippen LogP contribution < -0.4 is 20.7 Å². The second-order valence-electron chi connectivity index (χ2n) is 8.78. The van der Waals surface area contributed by atoms with E-state index in [2.05, 4.69) is 0 Å².